The SMILES string of the molecule is Clc1cccc(-c2csc(CNCC3CC3)n2)c1. The molecule has 0 saturated heterocycles. The van der Waals surface area contributed by atoms with Crippen LogP contribution >= 0.6 is 22.9 Å². The largest absolute Gasteiger partial charge is 0.310 e. The standard InChI is InChI=1S/C14H15ClN2S/c15-12-3-1-2-11(6-12)13-9-18-14(17-13)8-16-7-10-4-5-10/h1-3,6,9-10,16H,4-5,7-8H2. The molecule has 0 unspecified atom stereocenters. The molecule has 2 aromatic rings. The minimum Gasteiger partial charge on any atom is -0.310 e. The third-order valence-corrected chi connectivity index (χ3v) is 4.16. The molecule has 94 valence electrons. The summed E-state index contributed by atoms with van der Waals surface area (Å²) >= 11 is 7.70. The highest BCUT2D eigenvalue weighted by molar-refractivity contribution is 7.09. The van der Waals surface area contributed by atoms with Gasteiger partial charge < -0.3 is 5.32 Å². The summed E-state index contributed by atoms with van der Waals surface area (Å²) in [6.45, 7) is 2.01. The zero-order valence-corrected chi connectivity index (χ0v) is 11.6. The highest BCUT2D eigenvalue weighted by atomic mass is 35.5. The quantitative estimate of drug-likeness (QED) is 0.895. The molecule has 0 atom stereocenters. The van der Waals surface area contributed by atoms with Crippen molar-refractivity contribution in [3.63, 3.8) is 0 Å². The lowest BCUT2D eigenvalue weighted by Gasteiger charge is -1.99. The average molecular weight is 279 g/mol. The first kappa shape index (κ1) is 12.2. The summed E-state index contributed by atoms with van der Waals surface area (Å²) in [6.07, 6.45) is 2.78. The number of benzene rings is 1. The summed E-state index contributed by atoms with van der Waals surface area (Å²) in [7, 11) is 0. The van der Waals surface area contributed by atoms with Crippen LogP contribution in [0, 0.1) is 5.92 Å². The third-order valence-electron chi connectivity index (χ3n) is 3.08. The first-order chi connectivity index (χ1) is 8.81. The predicted molar refractivity (Wildman–Crippen MR) is 77.0 cm³/mol. The molecule has 0 spiro atoms. The van der Waals surface area contributed by atoms with Crippen LogP contribution < -0.4 is 5.32 Å². The van der Waals surface area contributed by atoms with E-state index in [1.807, 2.05) is 24.3 Å². The Bertz CT molecular complexity index is 534. The van der Waals surface area contributed by atoms with Gasteiger partial charge in [-0.25, -0.2) is 4.98 Å². The van der Waals surface area contributed by atoms with Crippen molar-refractivity contribution in [1.29, 1.82) is 0 Å². The van der Waals surface area contributed by atoms with Gasteiger partial charge >= 0.3 is 0 Å². The fraction of sp³-hybridized carbons (Fsp3) is 0.357. The fourth-order valence-corrected chi connectivity index (χ4v) is 2.84. The van der Waals surface area contributed by atoms with Crippen molar-refractivity contribution in [2.75, 3.05) is 6.54 Å². The molecular weight excluding hydrogens is 264 g/mol. The van der Waals surface area contributed by atoms with Crippen LogP contribution in [-0.2, 0) is 6.54 Å². The molecule has 1 saturated carbocycles. The molecule has 1 heterocycles. The normalized spacial score (nSPS) is 14.9. The molecule has 1 N–H and O–H groups in total. The Morgan fingerprint density at radius 3 is 3.06 bits per heavy atom. The van der Waals surface area contributed by atoms with Crippen molar-refractivity contribution >= 4 is 22.9 Å². The van der Waals surface area contributed by atoms with Gasteiger partial charge in [0, 0.05) is 22.5 Å². The van der Waals surface area contributed by atoms with Gasteiger partial charge in [0.15, 0.2) is 0 Å². The highest BCUT2D eigenvalue weighted by Crippen LogP contribution is 2.28. The number of rotatable bonds is 5. The van der Waals surface area contributed by atoms with E-state index in [1.165, 1.54) is 12.8 Å². The Kier molecular flexibility index (Phi) is 3.64. The summed E-state index contributed by atoms with van der Waals surface area (Å²) in [5.74, 6) is 0.914. The van der Waals surface area contributed by atoms with E-state index in [4.69, 9.17) is 11.6 Å². The molecule has 0 aliphatic heterocycles. The number of thiazole rings is 1. The second kappa shape index (κ2) is 5.39. The Hall–Kier alpha value is -0.900. The van der Waals surface area contributed by atoms with E-state index in [0.717, 1.165) is 40.3 Å². The van der Waals surface area contributed by atoms with Crippen molar-refractivity contribution in [1.82, 2.24) is 10.3 Å². The maximum atomic E-state index is 5.99. The van der Waals surface area contributed by atoms with Crippen molar-refractivity contribution in [2.45, 2.75) is 19.4 Å². The summed E-state index contributed by atoms with van der Waals surface area (Å²) in [5.41, 5.74) is 2.11. The van der Waals surface area contributed by atoms with Gasteiger partial charge in [-0.1, -0.05) is 23.7 Å². The zero-order chi connectivity index (χ0) is 12.4. The van der Waals surface area contributed by atoms with E-state index in [-0.39, 0.29) is 0 Å². The first-order valence-electron chi connectivity index (χ1n) is 6.22. The maximum absolute atomic E-state index is 5.99. The van der Waals surface area contributed by atoms with Crippen LogP contribution in [0.5, 0.6) is 0 Å². The lowest BCUT2D eigenvalue weighted by atomic mass is 10.2. The van der Waals surface area contributed by atoms with E-state index in [2.05, 4.69) is 15.7 Å². The number of halogens is 1. The lowest BCUT2D eigenvalue weighted by molar-refractivity contribution is 0.637. The van der Waals surface area contributed by atoms with Gasteiger partial charge in [-0.2, -0.15) is 0 Å². The van der Waals surface area contributed by atoms with Crippen LogP contribution in [-0.4, -0.2) is 11.5 Å². The number of nitrogens with zero attached hydrogens (tertiary/aromatic N) is 1. The molecule has 1 aromatic heterocycles. The topological polar surface area (TPSA) is 24.9 Å². The number of hydrogen-bond donors (Lipinski definition) is 1. The molecule has 1 aliphatic rings. The molecule has 1 aromatic carbocycles. The van der Waals surface area contributed by atoms with E-state index in [0.29, 0.717) is 0 Å². The summed E-state index contributed by atoms with van der Waals surface area (Å²) in [6, 6.07) is 7.85. The fourth-order valence-electron chi connectivity index (χ4n) is 1.88. The smallest absolute Gasteiger partial charge is 0.107 e. The average Bonchev–Trinajstić information content (AvgIpc) is 3.06. The maximum Gasteiger partial charge on any atom is 0.107 e. The van der Waals surface area contributed by atoms with E-state index in [1.54, 1.807) is 11.3 Å². The molecule has 1 aliphatic carbocycles. The molecule has 4 heteroatoms. The second-order valence-electron chi connectivity index (χ2n) is 4.71. The van der Waals surface area contributed by atoms with Crippen LogP contribution in [0.4, 0.5) is 0 Å². The van der Waals surface area contributed by atoms with Gasteiger partial charge in [0.05, 0.1) is 5.69 Å². The van der Waals surface area contributed by atoms with E-state index >= 15 is 0 Å². The summed E-state index contributed by atoms with van der Waals surface area (Å²) in [4.78, 5) is 4.64. The number of aromatic nitrogens is 1. The summed E-state index contributed by atoms with van der Waals surface area (Å²) in [5, 5.41) is 7.46. The zero-order valence-electron chi connectivity index (χ0n) is 10.0. The van der Waals surface area contributed by atoms with Gasteiger partial charge in [0.25, 0.3) is 0 Å². The first-order valence-corrected chi connectivity index (χ1v) is 7.48. The highest BCUT2D eigenvalue weighted by Gasteiger charge is 2.20. The van der Waals surface area contributed by atoms with Crippen molar-refractivity contribution in [2.24, 2.45) is 5.92 Å². The molecule has 0 amide bonds. The number of nitrogens with one attached hydrogen (secondary N) is 1. The lowest BCUT2D eigenvalue weighted by Crippen LogP contribution is -2.15. The molecule has 2 nitrogen and oxygen atoms in total. The molecule has 1 fully saturated rings. The number of hydrogen-bond acceptors (Lipinski definition) is 3. The third kappa shape index (κ3) is 3.10. The van der Waals surface area contributed by atoms with Gasteiger partial charge in [-0.3, -0.25) is 0 Å². The minimum atomic E-state index is 0.758. The van der Waals surface area contributed by atoms with Crippen LogP contribution in [0.25, 0.3) is 11.3 Å². The Morgan fingerprint density at radius 1 is 1.39 bits per heavy atom. The molecular formula is C14H15ClN2S. The van der Waals surface area contributed by atoms with Crippen molar-refractivity contribution < 1.29 is 0 Å². The van der Waals surface area contributed by atoms with Gasteiger partial charge in [-0.05, 0) is 37.4 Å². The Labute approximate surface area is 116 Å². The van der Waals surface area contributed by atoms with Crippen LogP contribution in [0.15, 0.2) is 29.6 Å². The van der Waals surface area contributed by atoms with Crippen molar-refractivity contribution in [3.8, 4) is 11.3 Å². The van der Waals surface area contributed by atoms with Gasteiger partial charge in [0.2, 0.25) is 0 Å². The van der Waals surface area contributed by atoms with Gasteiger partial charge in [0.1, 0.15) is 5.01 Å². The monoisotopic (exact) mass is 278 g/mol. The molecule has 0 radical (unpaired) electrons. The second-order valence-corrected chi connectivity index (χ2v) is 6.09. The van der Waals surface area contributed by atoms with Crippen LogP contribution in [0.3, 0.4) is 0 Å². The minimum absolute atomic E-state index is 0.758. The molecule has 18 heavy (non-hydrogen) atoms. The summed E-state index contributed by atoms with van der Waals surface area (Å²) < 4.78 is 0. The van der Waals surface area contributed by atoms with E-state index < -0.39 is 0 Å². The predicted octanol–water partition coefficient (Wildman–Crippen LogP) is 3.96. The Balaban J connectivity index is 1.64. The van der Waals surface area contributed by atoms with Crippen LogP contribution in [0.1, 0.15) is 17.8 Å². The molecule has 0 bridgehead atoms. The van der Waals surface area contributed by atoms with Gasteiger partial charge in [-0.15, -0.1) is 11.3 Å². The Morgan fingerprint density at radius 2 is 2.28 bits per heavy atom. The van der Waals surface area contributed by atoms with Crippen molar-refractivity contribution in [3.05, 3.63) is 39.7 Å². The molecule has 3 rings (SSSR count). The van der Waals surface area contributed by atoms with E-state index in [9.17, 15) is 0 Å². The van der Waals surface area contributed by atoms with Crippen LogP contribution in [0.2, 0.25) is 5.02 Å².